The van der Waals surface area contributed by atoms with Gasteiger partial charge in [0.1, 0.15) is 5.75 Å². The number of nitrogens with one attached hydrogen (secondary N) is 1. The molecule has 3 heterocycles. The van der Waals surface area contributed by atoms with Gasteiger partial charge in [-0.2, -0.15) is 0 Å². The Bertz CT molecular complexity index is 937. The third-order valence-electron chi connectivity index (χ3n) is 4.96. The number of piperidine rings is 1. The van der Waals surface area contributed by atoms with E-state index in [9.17, 15) is 13.9 Å². The summed E-state index contributed by atoms with van der Waals surface area (Å²) in [6.45, 7) is 1.75. The van der Waals surface area contributed by atoms with E-state index in [4.69, 9.17) is 10.5 Å². The van der Waals surface area contributed by atoms with E-state index in [2.05, 4.69) is 14.1 Å². The minimum absolute atomic E-state index is 0.0000234. The molecule has 0 unspecified atom stereocenters. The number of amides is 1. The van der Waals surface area contributed by atoms with E-state index < -0.39 is 11.0 Å². The van der Waals surface area contributed by atoms with Crippen LogP contribution in [0.2, 0.25) is 0 Å². The van der Waals surface area contributed by atoms with E-state index in [0.29, 0.717) is 35.7 Å². The molecule has 5 N–H and O–H groups in total. The van der Waals surface area contributed by atoms with Crippen molar-refractivity contribution in [2.24, 2.45) is 16.0 Å². The summed E-state index contributed by atoms with van der Waals surface area (Å²) in [4.78, 5) is 18.5. The first-order valence-electron chi connectivity index (χ1n) is 9.30. The summed E-state index contributed by atoms with van der Waals surface area (Å²) in [5.41, 5.74) is 7.54. The molecule has 2 aromatic rings. The number of likely N-dealkylation sites (tertiary alicyclic amines) is 1. The van der Waals surface area contributed by atoms with Crippen LogP contribution in [0.3, 0.4) is 0 Å². The van der Waals surface area contributed by atoms with Gasteiger partial charge in [-0.25, -0.2) is 0 Å². The zero-order chi connectivity index (χ0) is 20.4. The fourth-order valence-electron chi connectivity index (χ4n) is 3.62. The standard InChI is InChI=1S/C19H23N5O4S/c20-18-17-15(22-29(26,27)23-18)4-1-5-16(17)28-12-13-3-2-10-24(11-13)19(25)14-6-8-21-9-7-14/h1,4-9,13,22,26-27H,2-3,10-12H2,(H2,20,23)/t13-/m0/s1. The Morgan fingerprint density at radius 2 is 2.10 bits per heavy atom. The molecule has 10 heteroatoms. The first kappa shape index (κ1) is 19.5. The van der Waals surface area contributed by atoms with Crippen molar-refractivity contribution in [3.8, 4) is 5.75 Å². The molecule has 2 aliphatic rings. The summed E-state index contributed by atoms with van der Waals surface area (Å²) >= 11 is 0. The number of benzene rings is 1. The highest BCUT2D eigenvalue weighted by atomic mass is 32.3. The zero-order valence-electron chi connectivity index (χ0n) is 15.7. The molecule has 2 aliphatic heterocycles. The smallest absolute Gasteiger partial charge is 0.253 e. The molecule has 0 spiro atoms. The number of anilines is 1. The number of rotatable bonds is 4. The van der Waals surface area contributed by atoms with Crippen LogP contribution in [-0.2, 0) is 0 Å². The molecule has 0 saturated carbocycles. The van der Waals surface area contributed by atoms with Crippen molar-refractivity contribution in [3.05, 3.63) is 53.9 Å². The second-order valence-electron chi connectivity index (χ2n) is 7.08. The molecule has 1 aromatic heterocycles. The molecule has 0 bridgehead atoms. The first-order chi connectivity index (χ1) is 13.9. The van der Waals surface area contributed by atoms with E-state index in [-0.39, 0.29) is 17.7 Å². The second-order valence-corrected chi connectivity index (χ2v) is 8.51. The summed E-state index contributed by atoms with van der Waals surface area (Å²) in [5, 5.41) is 0. The van der Waals surface area contributed by atoms with Crippen LogP contribution in [0.25, 0.3) is 0 Å². The Morgan fingerprint density at radius 3 is 2.90 bits per heavy atom. The van der Waals surface area contributed by atoms with Crippen molar-refractivity contribution in [2.75, 3.05) is 24.4 Å². The van der Waals surface area contributed by atoms with Gasteiger partial charge in [-0.1, -0.05) is 6.07 Å². The number of hydrogen-bond donors (Lipinski definition) is 4. The number of fused-ring (bicyclic) bond motifs is 1. The summed E-state index contributed by atoms with van der Waals surface area (Å²) in [6.07, 6.45) is 5.10. The number of nitrogens with two attached hydrogens (primary N) is 1. The molecule has 0 radical (unpaired) electrons. The van der Waals surface area contributed by atoms with Crippen LogP contribution in [-0.4, -0.2) is 50.4 Å². The molecule has 1 aromatic carbocycles. The highest BCUT2D eigenvalue weighted by Crippen LogP contribution is 2.46. The van der Waals surface area contributed by atoms with Crippen molar-refractivity contribution >= 4 is 28.4 Å². The molecule has 1 atom stereocenters. The topological polar surface area (TPSA) is 133 Å². The molecule has 4 rings (SSSR count). The predicted octanol–water partition coefficient (Wildman–Crippen LogP) is 2.72. The molecule has 29 heavy (non-hydrogen) atoms. The van der Waals surface area contributed by atoms with Crippen LogP contribution in [0.1, 0.15) is 28.8 Å². The van der Waals surface area contributed by atoms with Crippen LogP contribution >= 0.6 is 11.0 Å². The summed E-state index contributed by atoms with van der Waals surface area (Å²) in [5.74, 6) is 0.719. The average Bonchev–Trinajstić information content (AvgIpc) is 2.71. The minimum Gasteiger partial charge on any atom is -0.492 e. The highest BCUT2D eigenvalue weighted by molar-refractivity contribution is 8.24. The van der Waals surface area contributed by atoms with Gasteiger partial charge in [0.15, 0.2) is 5.84 Å². The number of pyridine rings is 1. The maximum Gasteiger partial charge on any atom is 0.253 e. The van der Waals surface area contributed by atoms with E-state index in [1.54, 1.807) is 42.7 Å². The number of carbonyl (C=O) groups excluding carboxylic acids is 1. The van der Waals surface area contributed by atoms with E-state index in [1.807, 2.05) is 4.90 Å². The largest absolute Gasteiger partial charge is 0.492 e. The van der Waals surface area contributed by atoms with Gasteiger partial charge in [0, 0.05) is 37.0 Å². The Hall–Kier alpha value is -2.82. The fraction of sp³-hybridized carbons (Fsp3) is 0.316. The third-order valence-corrected chi connectivity index (χ3v) is 5.91. The Labute approximate surface area is 170 Å². The van der Waals surface area contributed by atoms with Crippen LogP contribution in [0.5, 0.6) is 5.75 Å². The van der Waals surface area contributed by atoms with E-state index in [0.717, 1.165) is 19.4 Å². The van der Waals surface area contributed by atoms with Gasteiger partial charge in [-0.3, -0.25) is 23.6 Å². The number of amidine groups is 1. The van der Waals surface area contributed by atoms with Crippen LogP contribution in [0, 0.1) is 5.92 Å². The van der Waals surface area contributed by atoms with Gasteiger partial charge < -0.3 is 15.4 Å². The first-order valence-corrected chi connectivity index (χ1v) is 10.8. The minimum atomic E-state index is -3.33. The van der Waals surface area contributed by atoms with Crippen LogP contribution in [0.4, 0.5) is 5.69 Å². The lowest BCUT2D eigenvalue weighted by molar-refractivity contribution is 0.0633. The average molecular weight is 417 g/mol. The van der Waals surface area contributed by atoms with Gasteiger partial charge in [0.2, 0.25) is 0 Å². The Morgan fingerprint density at radius 1 is 1.31 bits per heavy atom. The molecular weight excluding hydrogens is 394 g/mol. The lowest BCUT2D eigenvalue weighted by Crippen LogP contribution is -2.41. The number of nitrogens with zero attached hydrogens (tertiary/aromatic N) is 3. The number of ether oxygens (including phenoxy) is 1. The Balaban J connectivity index is 1.43. The molecule has 9 nitrogen and oxygen atoms in total. The van der Waals surface area contributed by atoms with Crippen molar-refractivity contribution < 1.29 is 18.6 Å². The van der Waals surface area contributed by atoms with Crippen molar-refractivity contribution in [2.45, 2.75) is 12.8 Å². The maximum atomic E-state index is 12.7. The molecule has 1 fully saturated rings. The monoisotopic (exact) mass is 417 g/mol. The molecule has 1 amide bonds. The lowest BCUT2D eigenvalue weighted by Gasteiger charge is -2.34. The van der Waals surface area contributed by atoms with Gasteiger partial charge >= 0.3 is 0 Å². The highest BCUT2D eigenvalue weighted by Gasteiger charge is 2.27. The predicted molar refractivity (Wildman–Crippen MR) is 112 cm³/mol. The molecule has 1 saturated heterocycles. The van der Waals surface area contributed by atoms with Crippen molar-refractivity contribution in [3.63, 3.8) is 0 Å². The van der Waals surface area contributed by atoms with Crippen molar-refractivity contribution in [1.29, 1.82) is 0 Å². The molecular formula is C19H23N5O4S. The Kier molecular flexibility index (Phi) is 5.31. The van der Waals surface area contributed by atoms with E-state index in [1.165, 1.54) is 0 Å². The maximum absolute atomic E-state index is 12.7. The van der Waals surface area contributed by atoms with Gasteiger partial charge in [-0.15, -0.1) is 4.40 Å². The van der Waals surface area contributed by atoms with Gasteiger partial charge in [0.25, 0.3) is 5.91 Å². The second kappa shape index (κ2) is 7.90. The quantitative estimate of drug-likeness (QED) is 0.601. The SMILES string of the molecule is NC1=NS(O)(O)Nc2cccc(OC[C@H]3CCCN(C(=O)c4ccncc4)C3)c21. The summed E-state index contributed by atoms with van der Waals surface area (Å²) < 4.78 is 31.8. The summed E-state index contributed by atoms with van der Waals surface area (Å²) in [6, 6.07) is 8.64. The zero-order valence-corrected chi connectivity index (χ0v) is 16.5. The molecule has 154 valence electrons. The number of carbonyl (C=O) groups is 1. The van der Waals surface area contributed by atoms with Gasteiger partial charge in [-0.05, 0) is 48.1 Å². The normalized spacial score (nSPS) is 21.4. The lowest BCUT2D eigenvalue weighted by atomic mass is 9.98. The van der Waals surface area contributed by atoms with Gasteiger partial charge in [0.05, 0.1) is 17.9 Å². The number of hydrogen-bond acceptors (Lipinski definition) is 8. The van der Waals surface area contributed by atoms with Crippen LogP contribution < -0.4 is 15.2 Å². The van der Waals surface area contributed by atoms with E-state index >= 15 is 0 Å². The molecule has 0 aliphatic carbocycles. The van der Waals surface area contributed by atoms with Crippen LogP contribution in [0.15, 0.2) is 47.1 Å². The number of aromatic nitrogens is 1. The summed E-state index contributed by atoms with van der Waals surface area (Å²) in [7, 11) is -3.33. The fourth-order valence-corrected chi connectivity index (χ4v) is 4.50. The third kappa shape index (κ3) is 4.29. The van der Waals surface area contributed by atoms with Crippen molar-refractivity contribution in [1.82, 2.24) is 9.88 Å².